The standard InChI is InChI=1S/C20H22N2O2S/c23-19(12-11-16-8-7-15-25-16)21-18-10-4-3-9-17(18)20(24)22-13-5-1-2-6-14-22/h3-4,7-12,15H,1-2,5-6,13-14H2,(H,21,23). The zero-order valence-corrected chi connectivity index (χ0v) is 14.9. The normalized spacial score (nSPS) is 15.1. The Labute approximate surface area is 152 Å². The molecule has 5 heteroatoms. The van der Waals surface area contributed by atoms with Crippen LogP contribution in [-0.2, 0) is 4.79 Å². The lowest BCUT2D eigenvalue weighted by Crippen LogP contribution is -2.32. The largest absolute Gasteiger partial charge is 0.339 e. The zero-order valence-electron chi connectivity index (χ0n) is 14.1. The molecule has 1 aromatic heterocycles. The Kier molecular flexibility index (Phi) is 6.01. The molecule has 0 atom stereocenters. The summed E-state index contributed by atoms with van der Waals surface area (Å²) in [5.41, 5.74) is 1.12. The van der Waals surface area contributed by atoms with E-state index in [1.165, 1.54) is 18.9 Å². The van der Waals surface area contributed by atoms with E-state index in [0.29, 0.717) is 11.3 Å². The summed E-state index contributed by atoms with van der Waals surface area (Å²) in [6.07, 6.45) is 7.72. The minimum absolute atomic E-state index is 0.0000337. The zero-order chi connectivity index (χ0) is 17.5. The Balaban J connectivity index is 1.71. The van der Waals surface area contributed by atoms with Crippen LogP contribution in [0.3, 0.4) is 0 Å². The Morgan fingerprint density at radius 3 is 2.48 bits per heavy atom. The van der Waals surface area contributed by atoms with Gasteiger partial charge < -0.3 is 10.2 Å². The summed E-state index contributed by atoms with van der Waals surface area (Å²) in [4.78, 5) is 28.0. The summed E-state index contributed by atoms with van der Waals surface area (Å²) in [5.74, 6) is -0.232. The molecule has 0 spiro atoms. The highest BCUT2D eigenvalue weighted by atomic mass is 32.1. The minimum atomic E-state index is -0.232. The number of anilines is 1. The van der Waals surface area contributed by atoms with Gasteiger partial charge in [-0.05, 0) is 42.5 Å². The van der Waals surface area contributed by atoms with Crippen LogP contribution >= 0.6 is 11.3 Å². The van der Waals surface area contributed by atoms with Crippen LogP contribution in [0.25, 0.3) is 6.08 Å². The number of nitrogens with zero attached hydrogens (tertiary/aromatic N) is 1. The van der Waals surface area contributed by atoms with Crippen LogP contribution in [0, 0.1) is 0 Å². The molecule has 1 saturated heterocycles. The maximum Gasteiger partial charge on any atom is 0.255 e. The fourth-order valence-electron chi connectivity index (χ4n) is 2.94. The monoisotopic (exact) mass is 354 g/mol. The predicted molar refractivity (Wildman–Crippen MR) is 103 cm³/mol. The molecule has 2 amide bonds. The van der Waals surface area contributed by atoms with Crippen molar-refractivity contribution in [3.8, 4) is 0 Å². The molecule has 1 N–H and O–H groups in total. The van der Waals surface area contributed by atoms with Crippen LogP contribution < -0.4 is 5.32 Å². The summed E-state index contributed by atoms with van der Waals surface area (Å²) < 4.78 is 0. The van der Waals surface area contributed by atoms with Crippen molar-refractivity contribution in [2.24, 2.45) is 0 Å². The van der Waals surface area contributed by atoms with Gasteiger partial charge >= 0.3 is 0 Å². The van der Waals surface area contributed by atoms with Gasteiger partial charge in [0.15, 0.2) is 0 Å². The number of para-hydroxylation sites is 1. The van der Waals surface area contributed by atoms with Crippen LogP contribution in [-0.4, -0.2) is 29.8 Å². The van der Waals surface area contributed by atoms with Gasteiger partial charge in [0, 0.05) is 24.0 Å². The lowest BCUT2D eigenvalue weighted by Gasteiger charge is -2.21. The summed E-state index contributed by atoms with van der Waals surface area (Å²) >= 11 is 1.57. The van der Waals surface area contributed by atoms with Crippen molar-refractivity contribution < 1.29 is 9.59 Å². The van der Waals surface area contributed by atoms with E-state index in [1.807, 2.05) is 34.5 Å². The maximum absolute atomic E-state index is 12.9. The van der Waals surface area contributed by atoms with Gasteiger partial charge in [-0.3, -0.25) is 9.59 Å². The van der Waals surface area contributed by atoms with Gasteiger partial charge in [-0.1, -0.05) is 31.0 Å². The number of carbonyl (C=O) groups excluding carboxylic acids is 2. The van der Waals surface area contributed by atoms with Crippen molar-refractivity contribution in [3.05, 3.63) is 58.3 Å². The molecular formula is C20H22N2O2S. The number of amides is 2. The second-order valence-electron chi connectivity index (χ2n) is 6.09. The van der Waals surface area contributed by atoms with Crippen molar-refractivity contribution >= 4 is 34.9 Å². The molecule has 0 unspecified atom stereocenters. The molecule has 3 rings (SSSR count). The number of benzene rings is 1. The van der Waals surface area contributed by atoms with Crippen LogP contribution in [0.15, 0.2) is 47.9 Å². The van der Waals surface area contributed by atoms with Gasteiger partial charge in [-0.2, -0.15) is 0 Å². The minimum Gasteiger partial charge on any atom is -0.339 e. The fraction of sp³-hybridized carbons (Fsp3) is 0.300. The van der Waals surface area contributed by atoms with Gasteiger partial charge in [-0.25, -0.2) is 0 Å². The Hall–Kier alpha value is -2.40. The first kappa shape index (κ1) is 17.4. The van der Waals surface area contributed by atoms with E-state index in [-0.39, 0.29) is 11.8 Å². The number of hydrogen-bond donors (Lipinski definition) is 1. The van der Waals surface area contributed by atoms with E-state index in [4.69, 9.17) is 0 Å². The van der Waals surface area contributed by atoms with Gasteiger partial charge in [0.05, 0.1) is 11.3 Å². The van der Waals surface area contributed by atoms with Crippen molar-refractivity contribution in [3.63, 3.8) is 0 Å². The molecule has 1 fully saturated rings. The molecule has 0 bridgehead atoms. The summed E-state index contributed by atoms with van der Waals surface area (Å²) in [6.45, 7) is 1.58. The van der Waals surface area contributed by atoms with E-state index in [0.717, 1.165) is 30.8 Å². The smallest absolute Gasteiger partial charge is 0.255 e. The van der Waals surface area contributed by atoms with Crippen LogP contribution in [0.5, 0.6) is 0 Å². The highest BCUT2D eigenvalue weighted by molar-refractivity contribution is 7.10. The predicted octanol–water partition coefficient (Wildman–Crippen LogP) is 4.42. The second kappa shape index (κ2) is 8.62. The van der Waals surface area contributed by atoms with E-state index in [1.54, 1.807) is 29.5 Å². The molecule has 4 nitrogen and oxygen atoms in total. The highest BCUT2D eigenvalue weighted by Crippen LogP contribution is 2.20. The lowest BCUT2D eigenvalue weighted by atomic mass is 10.1. The molecule has 0 aliphatic carbocycles. The second-order valence-corrected chi connectivity index (χ2v) is 7.07. The van der Waals surface area contributed by atoms with E-state index in [2.05, 4.69) is 5.32 Å². The van der Waals surface area contributed by atoms with Gasteiger partial charge in [0.2, 0.25) is 5.91 Å². The topological polar surface area (TPSA) is 49.4 Å². The van der Waals surface area contributed by atoms with Crippen LogP contribution in [0.2, 0.25) is 0 Å². The van der Waals surface area contributed by atoms with Crippen molar-refractivity contribution in [2.75, 3.05) is 18.4 Å². The molecule has 0 saturated carbocycles. The molecule has 1 aromatic carbocycles. The average molecular weight is 354 g/mol. The van der Waals surface area contributed by atoms with Crippen molar-refractivity contribution in [1.29, 1.82) is 0 Å². The number of likely N-dealkylation sites (tertiary alicyclic amines) is 1. The number of carbonyl (C=O) groups is 2. The van der Waals surface area contributed by atoms with E-state index >= 15 is 0 Å². The Morgan fingerprint density at radius 2 is 1.76 bits per heavy atom. The molecule has 25 heavy (non-hydrogen) atoms. The molecular weight excluding hydrogens is 332 g/mol. The Bertz CT molecular complexity index is 745. The van der Waals surface area contributed by atoms with Crippen molar-refractivity contribution in [1.82, 2.24) is 4.90 Å². The molecule has 130 valence electrons. The molecule has 1 aliphatic rings. The SMILES string of the molecule is O=C(C=Cc1cccs1)Nc1ccccc1C(=O)N1CCCCCC1. The number of nitrogens with one attached hydrogen (secondary N) is 1. The first-order chi connectivity index (χ1) is 12.2. The third-order valence-electron chi connectivity index (χ3n) is 4.25. The molecule has 0 radical (unpaired) electrons. The first-order valence-corrected chi connectivity index (χ1v) is 9.53. The quantitative estimate of drug-likeness (QED) is 0.827. The third-order valence-corrected chi connectivity index (χ3v) is 5.09. The van der Waals surface area contributed by atoms with E-state index in [9.17, 15) is 9.59 Å². The molecule has 1 aliphatic heterocycles. The summed E-state index contributed by atoms with van der Waals surface area (Å²) in [6, 6.07) is 11.1. The maximum atomic E-state index is 12.9. The number of rotatable bonds is 4. The summed E-state index contributed by atoms with van der Waals surface area (Å²) in [7, 11) is 0. The first-order valence-electron chi connectivity index (χ1n) is 8.65. The number of thiophene rings is 1. The lowest BCUT2D eigenvalue weighted by molar-refractivity contribution is -0.111. The molecule has 2 heterocycles. The van der Waals surface area contributed by atoms with Gasteiger partial charge in [-0.15, -0.1) is 11.3 Å². The van der Waals surface area contributed by atoms with Gasteiger partial charge in [0.1, 0.15) is 0 Å². The Morgan fingerprint density at radius 1 is 1.00 bits per heavy atom. The van der Waals surface area contributed by atoms with E-state index < -0.39 is 0 Å². The number of hydrogen-bond acceptors (Lipinski definition) is 3. The molecule has 2 aromatic rings. The van der Waals surface area contributed by atoms with Gasteiger partial charge in [0.25, 0.3) is 5.91 Å². The average Bonchev–Trinajstić information content (AvgIpc) is 3.00. The van der Waals surface area contributed by atoms with Crippen molar-refractivity contribution in [2.45, 2.75) is 25.7 Å². The summed E-state index contributed by atoms with van der Waals surface area (Å²) in [5, 5.41) is 4.80. The van der Waals surface area contributed by atoms with Crippen LogP contribution in [0.1, 0.15) is 40.9 Å². The fourth-order valence-corrected chi connectivity index (χ4v) is 3.56. The van der Waals surface area contributed by atoms with Crippen LogP contribution in [0.4, 0.5) is 5.69 Å². The third kappa shape index (κ3) is 4.79. The highest BCUT2D eigenvalue weighted by Gasteiger charge is 2.20.